The molecule has 3 aromatic carbocycles. The van der Waals surface area contributed by atoms with Gasteiger partial charge in [-0.25, -0.2) is 8.42 Å². The molecule has 1 amide bonds. The van der Waals surface area contributed by atoms with E-state index in [0.29, 0.717) is 30.1 Å². The van der Waals surface area contributed by atoms with Crippen LogP contribution in [0.2, 0.25) is 0 Å². The molecule has 0 saturated carbocycles. The van der Waals surface area contributed by atoms with Gasteiger partial charge in [-0.3, -0.25) is 14.4 Å². The van der Waals surface area contributed by atoms with E-state index >= 15 is 0 Å². The first-order valence-corrected chi connectivity index (χ1v) is 12.7. The average molecular weight is 480 g/mol. The van der Waals surface area contributed by atoms with Crippen LogP contribution in [0.15, 0.2) is 77.7 Å². The third-order valence-electron chi connectivity index (χ3n) is 5.91. The Balaban J connectivity index is 1.37. The highest BCUT2D eigenvalue weighted by Gasteiger charge is 2.23. The van der Waals surface area contributed by atoms with Crippen LogP contribution in [-0.2, 0) is 16.6 Å². The maximum atomic E-state index is 13.0. The summed E-state index contributed by atoms with van der Waals surface area (Å²) in [6.07, 6.45) is 0. The van der Waals surface area contributed by atoms with Crippen molar-refractivity contribution in [2.45, 2.75) is 18.4 Å². The van der Waals surface area contributed by atoms with E-state index in [1.54, 1.807) is 36.4 Å². The van der Waals surface area contributed by atoms with E-state index in [2.05, 4.69) is 40.8 Å². The smallest absolute Gasteiger partial charge is 0.262 e. The van der Waals surface area contributed by atoms with Crippen molar-refractivity contribution < 1.29 is 17.9 Å². The molecule has 3 aromatic rings. The summed E-state index contributed by atoms with van der Waals surface area (Å²) in [5, 5.41) is 0. The Labute approximate surface area is 201 Å². The molecule has 0 aromatic heterocycles. The van der Waals surface area contributed by atoms with E-state index in [9.17, 15) is 13.2 Å². The lowest BCUT2D eigenvalue weighted by atomic mass is 10.1. The first-order valence-electron chi connectivity index (χ1n) is 11.2. The zero-order valence-corrected chi connectivity index (χ0v) is 20.2. The molecule has 0 aliphatic carbocycles. The number of nitrogens with zero attached hydrogens (tertiary/aromatic N) is 2. The number of benzene rings is 3. The van der Waals surface area contributed by atoms with Crippen LogP contribution in [0.5, 0.6) is 5.75 Å². The minimum Gasteiger partial charge on any atom is -0.495 e. The Morgan fingerprint density at radius 1 is 0.941 bits per heavy atom. The highest BCUT2D eigenvalue weighted by molar-refractivity contribution is 7.92. The largest absolute Gasteiger partial charge is 0.495 e. The van der Waals surface area contributed by atoms with Crippen LogP contribution < -0.4 is 9.46 Å². The number of carbonyl (C=O) groups excluding carboxylic acids is 1. The SMILES string of the molecule is COc1ccccc1NS(=O)(=O)c1ccc(C(=O)N2CCN(Cc3cccc(C)c3)CC2)cc1. The third-order valence-corrected chi connectivity index (χ3v) is 7.29. The molecule has 0 bridgehead atoms. The number of para-hydroxylation sites is 2. The Kier molecular flexibility index (Phi) is 7.19. The molecule has 0 atom stereocenters. The van der Waals surface area contributed by atoms with Gasteiger partial charge in [0, 0.05) is 38.3 Å². The number of hydrogen-bond donors (Lipinski definition) is 1. The van der Waals surface area contributed by atoms with E-state index in [4.69, 9.17) is 4.74 Å². The number of ether oxygens (including phenoxy) is 1. The molecule has 0 unspecified atom stereocenters. The van der Waals surface area contributed by atoms with Crippen molar-refractivity contribution in [1.29, 1.82) is 0 Å². The van der Waals surface area contributed by atoms with Gasteiger partial charge in [-0.1, -0.05) is 42.0 Å². The fraction of sp³-hybridized carbons (Fsp3) is 0.269. The lowest BCUT2D eigenvalue weighted by Gasteiger charge is -2.34. The van der Waals surface area contributed by atoms with Gasteiger partial charge in [-0.2, -0.15) is 0 Å². The van der Waals surface area contributed by atoms with Crippen molar-refractivity contribution in [3.8, 4) is 5.75 Å². The van der Waals surface area contributed by atoms with Crippen molar-refractivity contribution in [3.05, 3.63) is 89.5 Å². The van der Waals surface area contributed by atoms with E-state index in [1.165, 1.54) is 30.4 Å². The van der Waals surface area contributed by atoms with Gasteiger partial charge in [0.05, 0.1) is 17.7 Å². The fourth-order valence-electron chi connectivity index (χ4n) is 4.07. The van der Waals surface area contributed by atoms with Gasteiger partial charge < -0.3 is 9.64 Å². The molecule has 0 radical (unpaired) electrons. The fourth-order valence-corrected chi connectivity index (χ4v) is 5.14. The van der Waals surface area contributed by atoms with Gasteiger partial charge >= 0.3 is 0 Å². The number of anilines is 1. The van der Waals surface area contributed by atoms with Crippen LogP contribution >= 0.6 is 0 Å². The molecule has 8 heteroatoms. The Morgan fingerprint density at radius 2 is 1.65 bits per heavy atom. The molecule has 178 valence electrons. The number of aryl methyl sites for hydroxylation is 1. The van der Waals surface area contributed by atoms with Crippen LogP contribution in [0.3, 0.4) is 0 Å². The van der Waals surface area contributed by atoms with Gasteiger partial charge in [-0.15, -0.1) is 0 Å². The van der Waals surface area contributed by atoms with Crippen molar-refractivity contribution in [1.82, 2.24) is 9.80 Å². The van der Waals surface area contributed by atoms with Crippen molar-refractivity contribution in [2.75, 3.05) is 38.0 Å². The van der Waals surface area contributed by atoms with Crippen LogP contribution in [-0.4, -0.2) is 57.4 Å². The quantitative estimate of drug-likeness (QED) is 0.558. The second-order valence-electron chi connectivity index (χ2n) is 8.39. The number of sulfonamides is 1. The number of rotatable bonds is 7. The molecular weight excluding hydrogens is 450 g/mol. The number of amides is 1. The van der Waals surface area contributed by atoms with Crippen LogP contribution in [0.1, 0.15) is 21.5 Å². The molecule has 1 aliphatic rings. The van der Waals surface area contributed by atoms with Crippen molar-refractivity contribution >= 4 is 21.6 Å². The number of methoxy groups -OCH3 is 1. The molecule has 34 heavy (non-hydrogen) atoms. The summed E-state index contributed by atoms with van der Waals surface area (Å²) >= 11 is 0. The molecule has 1 saturated heterocycles. The van der Waals surface area contributed by atoms with Crippen molar-refractivity contribution in [2.24, 2.45) is 0 Å². The summed E-state index contributed by atoms with van der Waals surface area (Å²) < 4.78 is 33.3. The predicted octanol–water partition coefficient (Wildman–Crippen LogP) is 3.76. The molecule has 7 nitrogen and oxygen atoms in total. The third kappa shape index (κ3) is 5.58. The van der Waals surface area contributed by atoms with E-state index in [0.717, 1.165) is 19.6 Å². The molecule has 1 N–H and O–H groups in total. The van der Waals surface area contributed by atoms with Crippen LogP contribution in [0, 0.1) is 6.92 Å². The molecular formula is C26H29N3O4S. The number of hydrogen-bond acceptors (Lipinski definition) is 5. The van der Waals surface area contributed by atoms with E-state index in [-0.39, 0.29) is 10.8 Å². The summed E-state index contributed by atoms with van der Waals surface area (Å²) in [5.41, 5.74) is 3.35. The summed E-state index contributed by atoms with van der Waals surface area (Å²) in [7, 11) is -2.33. The van der Waals surface area contributed by atoms with Crippen LogP contribution in [0.25, 0.3) is 0 Å². The standard InChI is InChI=1S/C26H29N3O4S/c1-20-6-5-7-21(18-20)19-28-14-16-29(17-15-28)26(30)22-10-12-23(13-11-22)34(31,32)27-24-8-3-4-9-25(24)33-2/h3-13,18,27H,14-17,19H2,1-2H3. The second-order valence-corrected chi connectivity index (χ2v) is 10.1. The number of nitrogens with one attached hydrogen (secondary N) is 1. The normalized spacial score (nSPS) is 14.6. The maximum absolute atomic E-state index is 13.0. The molecule has 1 fully saturated rings. The van der Waals surface area contributed by atoms with Crippen molar-refractivity contribution in [3.63, 3.8) is 0 Å². The Bertz CT molecular complexity index is 1250. The van der Waals surface area contributed by atoms with E-state index in [1.807, 2.05) is 4.90 Å². The summed E-state index contributed by atoms with van der Waals surface area (Å²) in [6.45, 7) is 5.84. The second kappa shape index (κ2) is 10.3. The van der Waals surface area contributed by atoms with Gasteiger partial charge in [0.25, 0.3) is 15.9 Å². The summed E-state index contributed by atoms with van der Waals surface area (Å²) in [6, 6.07) is 21.3. The van der Waals surface area contributed by atoms with E-state index < -0.39 is 10.0 Å². The lowest BCUT2D eigenvalue weighted by Crippen LogP contribution is -2.48. The maximum Gasteiger partial charge on any atom is 0.262 e. The van der Waals surface area contributed by atoms with Gasteiger partial charge in [0.2, 0.25) is 0 Å². The zero-order valence-electron chi connectivity index (χ0n) is 19.4. The van der Waals surface area contributed by atoms with Crippen LogP contribution in [0.4, 0.5) is 5.69 Å². The average Bonchev–Trinajstić information content (AvgIpc) is 2.84. The number of piperazine rings is 1. The first-order chi connectivity index (χ1) is 16.4. The minimum absolute atomic E-state index is 0.0814. The Morgan fingerprint density at radius 3 is 2.32 bits per heavy atom. The number of carbonyl (C=O) groups is 1. The summed E-state index contributed by atoms with van der Waals surface area (Å²) in [4.78, 5) is 17.2. The monoisotopic (exact) mass is 479 g/mol. The zero-order chi connectivity index (χ0) is 24.1. The van der Waals surface area contributed by atoms with Gasteiger partial charge in [-0.05, 0) is 48.9 Å². The summed E-state index contributed by atoms with van der Waals surface area (Å²) in [5.74, 6) is 0.344. The van der Waals surface area contributed by atoms with Gasteiger partial charge in [0.1, 0.15) is 5.75 Å². The first kappa shape index (κ1) is 23.8. The minimum atomic E-state index is -3.81. The highest BCUT2D eigenvalue weighted by Crippen LogP contribution is 2.26. The molecule has 4 rings (SSSR count). The topological polar surface area (TPSA) is 78.9 Å². The highest BCUT2D eigenvalue weighted by atomic mass is 32.2. The van der Waals surface area contributed by atoms with Gasteiger partial charge in [0.15, 0.2) is 0 Å². The molecule has 1 heterocycles. The molecule has 1 aliphatic heterocycles. The molecule has 0 spiro atoms. The lowest BCUT2D eigenvalue weighted by molar-refractivity contribution is 0.0628. The Hall–Kier alpha value is -3.36. The predicted molar refractivity (Wildman–Crippen MR) is 133 cm³/mol.